The summed E-state index contributed by atoms with van der Waals surface area (Å²) >= 11 is 0. The quantitative estimate of drug-likeness (QED) is 0.717. The maximum atomic E-state index is 14.2. The van der Waals surface area contributed by atoms with E-state index in [1.807, 2.05) is 6.07 Å². The minimum Gasteiger partial charge on any atom is -0.457 e. The third kappa shape index (κ3) is 4.38. The Balaban J connectivity index is 1.76. The number of ether oxygens (including phenoxy) is 1. The van der Waals surface area contributed by atoms with Crippen LogP contribution in [0, 0.1) is 17.1 Å². The molecule has 0 aliphatic carbocycles. The number of sulfonamides is 1. The highest BCUT2D eigenvalue weighted by molar-refractivity contribution is 7.89. The third-order valence-corrected chi connectivity index (χ3v) is 6.47. The summed E-state index contributed by atoms with van der Waals surface area (Å²) < 4.78 is 46.1. The number of halogens is 1. The van der Waals surface area contributed by atoms with Crippen LogP contribution >= 0.6 is 0 Å². The van der Waals surface area contributed by atoms with E-state index < -0.39 is 26.7 Å². The summed E-state index contributed by atoms with van der Waals surface area (Å²) in [5.41, 5.74) is 1.13. The van der Waals surface area contributed by atoms with Crippen LogP contribution in [0.3, 0.4) is 0 Å². The molecule has 0 amide bonds. The van der Waals surface area contributed by atoms with Crippen molar-refractivity contribution < 1.29 is 22.3 Å². The number of rotatable bonds is 5. The second-order valence-corrected chi connectivity index (χ2v) is 8.40. The molecule has 6 nitrogen and oxygen atoms in total. The van der Waals surface area contributed by atoms with Gasteiger partial charge in [-0.1, -0.05) is 18.6 Å². The van der Waals surface area contributed by atoms with Crippen molar-refractivity contribution in [2.75, 3.05) is 13.1 Å². The van der Waals surface area contributed by atoms with Crippen molar-refractivity contribution >= 4 is 16.0 Å². The highest BCUT2D eigenvalue weighted by Gasteiger charge is 2.29. The van der Waals surface area contributed by atoms with Crippen LogP contribution in [0.4, 0.5) is 4.39 Å². The van der Waals surface area contributed by atoms with E-state index >= 15 is 0 Å². The smallest absolute Gasteiger partial charge is 0.338 e. The molecule has 2 aromatic rings. The first-order valence-electron chi connectivity index (χ1n) is 8.87. The first-order chi connectivity index (χ1) is 13.4. The zero-order valence-electron chi connectivity index (χ0n) is 15.1. The van der Waals surface area contributed by atoms with Gasteiger partial charge in [0.05, 0.1) is 17.2 Å². The number of carbonyl (C=O) groups is 1. The van der Waals surface area contributed by atoms with Gasteiger partial charge in [0.2, 0.25) is 10.0 Å². The number of piperidine rings is 1. The molecule has 1 heterocycles. The largest absolute Gasteiger partial charge is 0.457 e. The molecule has 28 heavy (non-hydrogen) atoms. The second-order valence-electron chi connectivity index (χ2n) is 6.49. The Labute approximate surface area is 163 Å². The molecule has 2 aromatic carbocycles. The maximum absolute atomic E-state index is 14.2. The normalized spacial score (nSPS) is 15.0. The van der Waals surface area contributed by atoms with E-state index in [-0.39, 0.29) is 12.2 Å². The van der Waals surface area contributed by atoms with Gasteiger partial charge >= 0.3 is 5.97 Å². The van der Waals surface area contributed by atoms with Gasteiger partial charge in [-0.25, -0.2) is 17.6 Å². The van der Waals surface area contributed by atoms with Crippen molar-refractivity contribution in [1.82, 2.24) is 4.31 Å². The van der Waals surface area contributed by atoms with E-state index in [4.69, 9.17) is 10.00 Å². The summed E-state index contributed by atoms with van der Waals surface area (Å²) in [4.78, 5) is 11.8. The highest BCUT2D eigenvalue weighted by Crippen LogP contribution is 2.24. The Morgan fingerprint density at radius 2 is 1.79 bits per heavy atom. The average Bonchev–Trinajstić information content (AvgIpc) is 2.73. The van der Waals surface area contributed by atoms with Gasteiger partial charge in [0.1, 0.15) is 17.3 Å². The molecule has 1 fully saturated rings. The fourth-order valence-corrected chi connectivity index (χ4v) is 4.59. The summed E-state index contributed by atoms with van der Waals surface area (Å²) in [7, 11) is -4.00. The van der Waals surface area contributed by atoms with E-state index in [9.17, 15) is 17.6 Å². The molecular weight excluding hydrogens is 383 g/mol. The van der Waals surface area contributed by atoms with Gasteiger partial charge in [-0.15, -0.1) is 0 Å². The number of nitrogens with zero attached hydrogens (tertiary/aromatic N) is 2. The topological polar surface area (TPSA) is 87.5 Å². The van der Waals surface area contributed by atoms with E-state index in [0.29, 0.717) is 24.2 Å². The molecule has 0 spiro atoms. The van der Waals surface area contributed by atoms with Crippen LogP contribution < -0.4 is 0 Å². The monoisotopic (exact) mass is 402 g/mol. The van der Waals surface area contributed by atoms with Gasteiger partial charge in [0.25, 0.3) is 0 Å². The first kappa shape index (κ1) is 20.0. The predicted octanol–water partition coefficient (Wildman–Crippen LogP) is 3.23. The number of benzene rings is 2. The highest BCUT2D eigenvalue weighted by atomic mass is 32.2. The lowest BCUT2D eigenvalue weighted by atomic mass is 10.1. The molecule has 0 radical (unpaired) electrons. The Hall–Kier alpha value is -2.76. The number of esters is 1. The third-order valence-electron chi connectivity index (χ3n) is 4.55. The molecule has 0 atom stereocenters. The van der Waals surface area contributed by atoms with Crippen molar-refractivity contribution in [3.63, 3.8) is 0 Å². The maximum Gasteiger partial charge on any atom is 0.338 e. The lowest BCUT2D eigenvalue weighted by Crippen LogP contribution is -2.36. The minimum atomic E-state index is -4.00. The molecule has 0 saturated carbocycles. The Kier molecular flexibility index (Phi) is 6.07. The SMILES string of the molecule is N#Cc1ccc(COC(=O)c2ccc(F)c(S(=O)(=O)N3CCCCC3)c2)cc1. The van der Waals surface area contributed by atoms with Crippen molar-refractivity contribution in [3.05, 3.63) is 65.0 Å². The van der Waals surface area contributed by atoms with Crippen LogP contribution in [0.5, 0.6) is 0 Å². The predicted molar refractivity (Wildman–Crippen MR) is 99.3 cm³/mol. The summed E-state index contributed by atoms with van der Waals surface area (Å²) in [6.07, 6.45) is 2.40. The molecule has 0 bridgehead atoms. The Bertz CT molecular complexity index is 1010. The van der Waals surface area contributed by atoms with E-state index in [1.165, 1.54) is 10.4 Å². The van der Waals surface area contributed by atoms with Gasteiger partial charge in [-0.05, 0) is 48.7 Å². The number of hydrogen-bond donors (Lipinski definition) is 0. The number of nitriles is 1. The van der Waals surface area contributed by atoms with E-state index in [0.717, 1.165) is 31.4 Å². The molecule has 8 heteroatoms. The summed E-state index contributed by atoms with van der Waals surface area (Å²) in [5.74, 6) is -1.64. The van der Waals surface area contributed by atoms with Crippen LogP contribution in [-0.4, -0.2) is 31.8 Å². The Morgan fingerprint density at radius 1 is 1.11 bits per heavy atom. The molecule has 146 valence electrons. The van der Waals surface area contributed by atoms with Crippen molar-refractivity contribution in [3.8, 4) is 6.07 Å². The second kappa shape index (κ2) is 8.50. The fourth-order valence-electron chi connectivity index (χ4n) is 2.98. The average molecular weight is 402 g/mol. The standard InChI is InChI=1S/C20H19FN2O4S/c21-18-9-8-17(12-19(18)28(25,26)23-10-2-1-3-11-23)20(24)27-14-16-6-4-15(13-22)5-7-16/h4-9,12H,1-3,10-11,14H2. The van der Waals surface area contributed by atoms with Crippen molar-refractivity contribution in [1.29, 1.82) is 5.26 Å². The van der Waals surface area contributed by atoms with Crippen LogP contribution in [0.15, 0.2) is 47.4 Å². The number of hydrogen-bond acceptors (Lipinski definition) is 5. The van der Waals surface area contributed by atoms with Gasteiger partial charge in [-0.3, -0.25) is 0 Å². The van der Waals surface area contributed by atoms with E-state index in [2.05, 4.69) is 0 Å². The molecule has 1 aliphatic heterocycles. The zero-order chi connectivity index (χ0) is 20.1. The molecule has 3 rings (SSSR count). The Morgan fingerprint density at radius 3 is 2.43 bits per heavy atom. The summed E-state index contributed by atoms with van der Waals surface area (Å²) in [6, 6.07) is 11.7. The van der Waals surface area contributed by atoms with E-state index in [1.54, 1.807) is 24.3 Å². The van der Waals surface area contributed by atoms with Crippen molar-refractivity contribution in [2.45, 2.75) is 30.8 Å². The van der Waals surface area contributed by atoms with Gasteiger partial charge in [-0.2, -0.15) is 9.57 Å². The molecular formula is C20H19FN2O4S. The van der Waals surface area contributed by atoms with Crippen LogP contribution in [0.2, 0.25) is 0 Å². The first-order valence-corrected chi connectivity index (χ1v) is 10.3. The minimum absolute atomic E-state index is 0.0365. The van der Waals surface area contributed by atoms with Crippen LogP contribution in [0.1, 0.15) is 40.7 Å². The van der Waals surface area contributed by atoms with Crippen molar-refractivity contribution in [2.24, 2.45) is 0 Å². The zero-order valence-corrected chi connectivity index (χ0v) is 15.9. The van der Waals surface area contributed by atoms with Gasteiger partial charge < -0.3 is 4.74 Å². The lowest BCUT2D eigenvalue weighted by molar-refractivity contribution is 0.0472. The molecule has 0 unspecified atom stereocenters. The summed E-state index contributed by atoms with van der Waals surface area (Å²) in [5, 5.41) is 8.79. The fraction of sp³-hybridized carbons (Fsp3) is 0.300. The molecule has 0 N–H and O–H groups in total. The molecule has 0 aromatic heterocycles. The van der Waals surface area contributed by atoms with Crippen LogP contribution in [0.25, 0.3) is 0 Å². The molecule has 1 saturated heterocycles. The van der Waals surface area contributed by atoms with Crippen LogP contribution in [-0.2, 0) is 21.4 Å². The van der Waals surface area contributed by atoms with Gasteiger partial charge in [0, 0.05) is 13.1 Å². The molecule has 1 aliphatic rings. The lowest BCUT2D eigenvalue weighted by Gasteiger charge is -2.26. The summed E-state index contributed by atoms with van der Waals surface area (Å²) in [6.45, 7) is 0.639. The number of carbonyl (C=O) groups excluding carboxylic acids is 1. The van der Waals surface area contributed by atoms with Gasteiger partial charge in [0.15, 0.2) is 0 Å².